The van der Waals surface area contributed by atoms with Crippen LogP contribution in [-0.2, 0) is 14.1 Å². The van der Waals surface area contributed by atoms with E-state index in [1.165, 1.54) is 11.1 Å². The third-order valence-corrected chi connectivity index (χ3v) is 4.62. The van der Waals surface area contributed by atoms with E-state index >= 15 is 0 Å². The molecule has 0 aliphatic rings. The SMILES string of the molecule is CCNC(c1ccsc1)c1ccc2c(c1)n(C)c(=O)n2C. The van der Waals surface area contributed by atoms with Crippen molar-refractivity contribution in [3.63, 3.8) is 0 Å². The van der Waals surface area contributed by atoms with Crippen molar-refractivity contribution in [3.05, 3.63) is 56.6 Å². The highest BCUT2D eigenvalue weighted by Crippen LogP contribution is 2.26. The van der Waals surface area contributed by atoms with Gasteiger partial charge in [0.15, 0.2) is 0 Å². The normalized spacial score (nSPS) is 12.9. The molecule has 4 nitrogen and oxygen atoms in total. The Morgan fingerprint density at radius 3 is 2.57 bits per heavy atom. The molecule has 5 heteroatoms. The van der Waals surface area contributed by atoms with Crippen molar-refractivity contribution in [2.24, 2.45) is 14.1 Å². The number of benzene rings is 1. The lowest BCUT2D eigenvalue weighted by molar-refractivity contribution is 0.633. The second-order valence-electron chi connectivity index (χ2n) is 5.20. The van der Waals surface area contributed by atoms with Crippen molar-refractivity contribution < 1.29 is 0 Å². The predicted octanol–water partition coefficient (Wildman–Crippen LogP) is 2.64. The molecule has 3 aromatic rings. The van der Waals surface area contributed by atoms with Crippen molar-refractivity contribution in [1.29, 1.82) is 0 Å². The summed E-state index contributed by atoms with van der Waals surface area (Å²) in [4.78, 5) is 12.0. The van der Waals surface area contributed by atoms with Gasteiger partial charge in [-0.3, -0.25) is 9.13 Å². The third-order valence-electron chi connectivity index (χ3n) is 3.91. The number of nitrogens with zero attached hydrogens (tertiary/aromatic N) is 2. The Hall–Kier alpha value is -1.85. The summed E-state index contributed by atoms with van der Waals surface area (Å²) in [5.74, 6) is 0. The minimum atomic E-state index is 0.0117. The molecule has 1 unspecified atom stereocenters. The van der Waals surface area contributed by atoms with Gasteiger partial charge in [0.2, 0.25) is 0 Å². The second kappa shape index (κ2) is 5.50. The van der Waals surface area contributed by atoms with Crippen LogP contribution >= 0.6 is 11.3 Å². The number of hydrogen-bond donors (Lipinski definition) is 1. The molecule has 0 aliphatic carbocycles. The number of rotatable bonds is 4. The molecule has 1 N–H and O–H groups in total. The summed E-state index contributed by atoms with van der Waals surface area (Å²) in [7, 11) is 3.63. The van der Waals surface area contributed by atoms with Crippen molar-refractivity contribution in [1.82, 2.24) is 14.5 Å². The lowest BCUT2D eigenvalue weighted by Crippen LogP contribution is -2.21. The first kappa shape index (κ1) is 14.1. The Labute approximate surface area is 127 Å². The fourth-order valence-electron chi connectivity index (χ4n) is 2.77. The second-order valence-corrected chi connectivity index (χ2v) is 5.98. The Kier molecular flexibility index (Phi) is 3.69. The summed E-state index contributed by atoms with van der Waals surface area (Å²) in [6.07, 6.45) is 0. The van der Waals surface area contributed by atoms with Crippen LogP contribution in [-0.4, -0.2) is 15.7 Å². The Morgan fingerprint density at radius 2 is 1.90 bits per heavy atom. The molecule has 3 rings (SSSR count). The minimum Gasteiger partial charge on any atom is -0.307 e. The van der Waals surface area contributed by atoms with Crippen LogP contribution < -0.4 is 11.0 Å². The topological polar surface area (TPSA) is 39.0 Å². The summed E-state index contributed by atoms with van der Waals surface area (Å²) >= 11 is 1.70. The Balaban J connectivity index is 2.15. The number of fused-ring (bicyclic) bond motifs is 1. The molecule has 0 fully saturated rings. The van der Waals surface area contributed by atoms with Crippen LogP contribution in [0.4, 0.5) is 0 Å². The highest BCUT2D eigenvalue weighted by Gasteiger charge is 2.16. The van der Waals surface area contributed by atoms with E-state index in [1.807, 2.05) is 20.2 Å². The van der Waals surface area contributed by atoms with Crippen LogP contribution in [0.1, 0.15) is 24.1 Å². The molecular formula is C16H19N3OS. The lowest BCUT2D eigenvalue weighted by Gasteiger charge is -2.17. The smallest absolute Gasteiger partial charge is 0.307 e. The molecule has 0 saturated carbocycles. The molecule has 1 aromatic carbocycles. The van der Waals surface area contributed by atoms with E-state index in [1.54, 1.807) is 20.5 Å². The fourth-order valence-corrected chi connectivity index (χ4v) is 3.46. The molecule has 110 valence electrons. The third kappa shape index (κ3) is 2.32. The average molecular weight is 301 g/mol. The number of imidazole rings is 1. The first-order chi connectivity index (χ1) is 10.1. The van der Waals surface area contributed by atoms with E-state index in [0.29, 0.717) is 0 Å². The summed E-state index contributed by atoms with van der Waals surface area (Å²) in [6.45, 7) is 3.00. The summed E-state index contributed by atoms with van der Waals surface area (Å²) in [5, 5.41) is 7.78. The zero-order valence-electron chi connectivity index (χ0n) is 12.5. The summed E-state index contributed by atoms with van der Waals surface area (Å²) in [6, 6.07) is 8.56. The van der Waals surface area contributed by atoms with Crippen molar-refractivity contribution in [2.45, 2.75) is 13.0 Å². The number of hydrogen-bond acceptors (Lipinski definition) is 3. The van der Waals surface area contributed by atoms with Gasteiger partial charge >= 0.3 is 5.69 Å². The van der Waals surface area contributed by atoms with Crippen LogP contribution in [0.15, 0.2) is 39.8 Å². The minimum absolute atomic E-state index is 0.0117. The first-order valence-corrected chi connectivity index (χ1v) is 7.98. The zero-order valence-corrected chi connectivity index (χ0v) is 13.3. The van der Waals surface area contributed by atoms with Gasteiger partial charge in [-0.05, 0) is 46.6 Å². The number of thiophene rings is 1. The number of aromatic nitrogens is 2. The van der Waals surface area contributed by atoms with Gasteiger partial charge in [0.25, 0.3) is 0 Å². The Bertz CT molecular complexity index is 814. The summed E-state index contributed by atoms with van der Waals surface area (Å²) in [5.41, 5.74) is 4.40. The molecule has 1 atom stereocenters. The average Bonchev–Trinajstić information content (AvgIpc) is 3.09. The van der Waals surface area contributed by atoms with Gasteiger partial charge in [-0.2, -0.15) is 11.3 Å². The van der Waals surface area contributed by atoms with Crippen LogP contribution in [0.5, 0.6) is 0 Å². The number of nitrogens with one attached hydrogen (secondary N) is 1. The van der Waals surface area contributed by atoms with E-state index in [-0.39, 0.29) is 11.7 Å². The molecule has 0 amide bonds. The zero-order chi connectivity index (χ0) is 15.0. The predicted molar refractivity (Wildman–Crippen MR) is 88.0 cm³/mol. The van der Waals surface area contributed by atoms with Gasteiger partial charge in [-0.15, -0.1) is 0 Å². The van der Waals surface area contributed by atoms with E-state index in [2.05, 4.69) is 41.2 Å². The fraction of sp³-hybridized carbons (Fsp3) is 0.312. The lowest BCUT2D eigenvalue weighted by atomic mass is 10.0. The summed E-state index contributed by atoms with van der Waals surface area (Å²) < 4.78 is 3.39. The van der Waals surface area contributed by atoms with Gasteiger partial charge < -0.3 is 5.32 Å². The highest BCUT2D eigenvalue weighted by molar-refractivity contribution is 7.08. The molecule has 0 spiro atoms. The van der Waals surface area contributed by atoms with Crippen molar-refractivity contribution in [3.8, 4) is 0 Å². The van der Waals surface area contributed by atoms with E-state index in [4.69, 9.17) is 0 Å². The maximum absolute atomic E-state index is 12.0. The van der Waals surface area contributed by atoms with E-state index in [0.717, 1.165) is 17.6 Å². The largest absolute Gasteiger partial charge is 0.328 e. The van der Waals surface area contributed by atoms with Crippen LogP contribution in [0.25, 0.3) is 11.0 Å². The van der Waals surface area contributed by atoms with Crippen molar-refractivity contribution in [2.75, 3.05) is 6.54 Å². The monoisotopic (exact) mass is 301 g/mol. The van der Waals surface area contributed by atoms with Crippen LogP contribution in [0, 0.1) is 0 Å². The van der Waals surface area contributed by atoms with Gasteiger partial charge in [0, 0.05) is 14.1 Å². The van der Waals surface area contributed by atoms with Crippen molar-refractivity contribution >= 4 is 22.4 Å². The molecule has 0 aliphatic heterocycles. The molecule has 2 heterocycles. The highest BCUT2D eigenvalue weighted by atomic mass is 32.1. The molecule has 0 saturated heterocycles. The van der Waals surface area contributed by atoms with Gasteiger partial charge in [-0.25, -0.2) is 4.79 Å². The van der Waals surface area contributed by atoms with E-state index in [9.17, 15) is 4.79 Å². The molecule has 0 bridgehead atoms. The van der Waals surface area contributed by atoms with Crippen LogP contribution in [0.2, 0.25) is 0 Å². The molecular weight excluding hydrogens is 282 g/mol. The maximum atomic E-state index is 12.0. The van der Waals surface area contributed by atoms with Gasteiger partial charge in [-0.1, -0.05) is 13.0 Å². The first-order valence-electron chi connectivity index (χ1n) is 7.04. The quantitative estimate of drug-likeness (QED) is 0.804. The van der Waals surface area contributed by atoms with Gasteiger partial charge in [0.05, 0.1) is 17.1 Å². The van der Waals surface area contributed by atoms with Crippen LogP contribution in [0.3, 0.4) is 0 Å². The standard InChI is InChI=1S/C16H19N3OS/c1-4-17-15(12-7-8-21-10-12)11-5-6-13-14(9-11)19(3)16(20)18(13)2/h5-10,15,17H,4H2,1-3H3. The number of aryl methyl sites for hydroxylation is 2. The molecule has 21 heavy (non-hydrogen) atoms. The maximum Gasteiger partial charge on any atom is 0.328 e. The van der Waals surface area contributed by atoms with Gasteiger partial charge in [0.1, 0.15) is 0 Å². The Morgan fingerprint density at radius 1 is 1.14 bits per heavy atom. The molecule has 2 aromatic heterocycles. The molecule has 0 radical (unpaired) electrons. The van der Waals surface area contributed by atoms with E-state index < -0.39 is 0 Å².